The molecule has 26 heavy (non-hydrogen) atoms. The van der Waals surface area contributed by atoms with Gasteiger partial charge in [-0.3, -0.25) is 4.79 Å². The number of hydrogen-bond donors (Lipinski definition) is 3. The van der Waals surface area contributed by atoms with E-state index in [1.807, 2.05) is 6.92 Å². The minimum atomic E-state index is -1.51. The molecule has 3 saturated carbocycles. The molecule has 0 aromatic carbocycles. The largest absolute Gasteiger partial charge is 0.393 e. The third kappa shape index (κ3) is 2.10. The van der Waals surface area contributed by atoms with Gasteiger partial charge in [0.15, 0.2) is 5.78 Å². The monoisotopic (exact) mass is 360 g/mol. The molecule has 4 aliphatic carbocycles. The zero-order chi connectivity index (χ0) is 18.9. The summed E-state index contributed by atoms with van der Waals surface area (Å²) in [5.74, 6) is 0.642. The predicted octanol–water partition coefficient (Wildman–Crippen LogP) is 2.62. The maximum absolute atomic E-state index is 12.4. The van der Waals surface area contributed by atoms with Gasteiger partial charge in [0.2, 0.25) is 0 Å². The Morgan fingerprint density at radius 3 is 2.77 bits per heavy atom. The van der Waals surface area contributed by atoms with Crippen molar-refractivity contribution in [2.45, 2.75) is 64.6 Å². The van der Waals surface area contributed by atoms with Crippen molar-refractivity contribution < 1.29 is 20.1 Å². The molecule has 0 radical (unpaired) electrons. The van der Waals surface area contributed by atoms with E-state index in [1.165, 1.54) is 5.57 Å². The zero-order valence-corrected chi connectivity index (χ0v) is 16.1. The van der Waals surface area contributed by atoms with Crippen LogP contribution in [-0.4, -0.2) is 39.4 Å². The molecule has 0 spiro atoms. The van der Waals surface area contributed by atoms with Crippen molar-refractivity contribution in [2.75, 3.05) is 6.61 Å². The van der Waals surface area contributed by atoms with Crippen molar-refractivity contribution in [1.29, 1.82) is 0 Å². The fourth-order valence-electron chi connectivity index (χ4n) is 7.56. The molecule has 0 unspecified atom stereocenters. The molecule has 3 N–H and O–H groups in total. The molecule has 0 aliphatic heterocycles. The van der Waals surface area contributed by atoms with Crippen LogP contribution in [0.25, 0.3) is 0 Å². The molecule has 8 atom stereocenters. The molecule has 0 aromatic heterocycles. The number of carbonyl (C=O) groups is 1. The Kier molecular flexibility index (Phi) is 4.08. The molecule has 0 saturated heterocycles. The van der Waals surface area contributed by atoms with Gasteiger partial charge in [-0.2, -0.15) is 0 Å². The zero-order valence-electron chi connectivity index (χ0n) is 16.1. The molecule has 4 aliphatic rings. The van der Waals surface area contributed by atoms with E-state index in [2.05, 4.69) is 32.1 Å². The van der Waals surface area contributed by atoms with Gasteiger partial charge in [0.25, 0.3) is 0 Å². The summed E-state index contributed by atoms with van der Waals surface area (Å²) >= 11 is 0. The first-order chi connectivity index (χ1) is 12.2. The summed E-state index contributed by atoms with van der Waals surface area (Å²) in [7, 11) is 0. The lowest BCUT2D eigenvalue weighted by molar-refractivity contribution is -0.183. The van der Waals surface area contributed by atoms with Crippen LogP contribution < -0.4 is 0 Å². The molecule has 3 fully saturated rings. The van der Waals surface area contributed by atoms with E-state index in [0.29, 0.717) is 24.7 Å². The third-order valence-electron chi connectivity index (χ3n) is 8.72. The van der Waals surface area contributed by atoms with Crippen LogP contribution in [0.1, 0.15) is 52.9 Å². The van der Waals surface area contributed by atoms with Gasteiger partial charge in [-0.15, -0.1) is 0 Å². The molecule has 0 bridgehead atoms. The van der Waals surface area contributed by atoms with E-state index >= 15 is 0 Å². The SMILES string of the molecule is C[C@H]1C[C@@H]2[C@H]([C@@H](O)C[C@@]3(C)[C@H]2CC[C@]3(O)C(=O)CO)[C@@]2(C)CC=CC=C12. The highest BCUT2D eigenvalue weighted by Gasteiger charge is 2.68. The third-order valence-corrected chi connectivity index (χ3v) is 8.72. The number of allylic oxidation sites excluding steroid dienone is 4. The van der Waals surface area contributed by atoms with Gasteiger partial charge in [0, 0.05) is 5.41 Å². The number of carbonyl (C=O) groups excluding carboxylic acids is 1. The molecule has 4 rings (SSSR count). The molecule has 144 valence electrons. The molecule has 4 nitrogen and oxygen atoms in total. The quantitative estimate of drug-likeness (QED) is 0.707. The first-order valence-electron chi connectivity index (χ1n) is 10.1. The van der Waals surface area contributed by atoms with E-state index < -0.39 is 29.5 Å². The van der Waals surface area contributed by atoms with Crippen molar-refractivity contribution in [1.82, 2.24) is 0 Å². The summed E-state index contributed by atoms with van der Waals surface area (Å²) in [5.41, 5.74) is -0.761. The van der Waals surface area contributed by atoms with E-state index in [1.54, 1.807) is 0 Å². The summed E-state index contributed by atoms with van der Waals surface area (Å²) in [6, 6.07) is 0. The number of rotatable bonds is 2. The second-order valence-electron chi connectivity index (χ2n) is 9.77. The minimum Gasteiger partial charge on any atom is -0.393 e. The van der Waals surface area contributed by atoms with E-state index in [4.69, 9.17) is 0 Å². The van der Waals surface area contributed by atoms with Crippen LogP contribution in [0, 0.1) is 34.5 Å². The molecular weight excluding hydrogens is 328 g/mol. The Bertz CT molecular complexity index is 682. The summed E-state index contributed by atoms with van der Waals surface area (Å²) < 4.78 is 0. The highest BCUT2D eigenvalue weighted by atomic mass is 16.3. The summed E-state index contributed by atoms with van der Waals surface area (Å²) in [4.78, 5) is 12.4. The van der Waals surface area contributed by atoms with Crippen LogP contribution in [-0.2, 0) is 4.79 Å². The average molecular weight is 360 g/mol. The normalized spacial score (nSPS) is 52.7. The van der Waals surface area contributed by atoms with Crippen molar-refractivity contribution in [3.05, 3.63) is 23.8 Å². The lowest BCUT2D eigenvalue weighted by Gasteiger charge is -2.61. The Morgan fingerprint density at radius 1 is 1.35 bits per heavy atom. The molecule has 0 amide bonds. The predicted molar refractivity (Wildman–Crippen MR) is 99.2 cm³/mol. The highest BCUT2D eigenvalue weighted by molar-refractivity contribution is 5.89. The van der Waals surface area contributed by atoms with Crippen molar-refractivity contribution in [3.8, 4) is 0 Å². The van der Waals surface area contributed by atoms with E-state index in [9.17, 15) is 20.1 Å². The van der Waals surface area contributed by atoms with Crippen LogP contribution in [0.4, 0.5) is 0 Å². The summed E-state index contributed by atoms with van der Waals surface area (Å²) in [6.07, 6.45) is 9.63. The standard InChI is InChI=1S/C22H32O4/c1-13-10-14-16-7-9-22(26,18(25)12-23)21(16,3)11-17(24)19(14)20(2)8-5-4-6-15(13)20/h4-6,13-14,16-17,19,23-24,26H,7-12H2,1-3H3/t13-,14-,16-,17-,19+,20-,21-,22-/m0/s1. The van der Waals surface area contributed by atoms with E-state index in [-0.39, 0.29) is 17.3 Å². The van der Waals surface area contributed by atoms with Crippen LogP contribution in [0.2, 0.25) is 0 Å². The molecule has 4 heteroatoms. The topological polar surface area (TPSA) is 77.8 Å². The number of aliphatic hydroxyl groups excluding tert-OH is 2. The van der Waals surface area contributed by atoms with Crippen LogP contribution in [0.5, 0.6) is 0 Å². The van der Waals surface area contributed by atoms with Crippen molar-refractivity contribution in [2.24, 2.45) is 34.5 Å². The number of aliphatic hydroxyl groups is 3. The number of fused-ring (bicyclic) bond motifs is 5. The van der Waals surface area contributed by atoms with Crippen LogP contribution >= 0.6 is 0 Å². The van der Waals surface area contributed by atoms with Gasteiger partial charge in [-0.1, -0.05) is 44.6 Å². The summed E-state index contributed by atoms with van der Waals surface area (Å²) in [6.45, 7) is 5.91. The Hall–Kier alpha value is -0.970. The second kappa shape index (κ2) is 5.76. The molecular formula is C22H32O4. The fourth-order valence-corrected chi connectivity index (χ4v) is 7.56. The minimum absolute atomic E-state index is 0.0421. The maximum Gasteiger partial charge on any atom is 0.190 e. The van der Waals surface area contributed by atoms with Gasteiger partial charge >= 0.3 is 0 Å². The Balaban J connectivity index is 1.77. The number of hydrogen-bond acceptors (Lipinski definition) is 4. The van der Waals surface area contributed by atoms with Gasteiger partial charge in [0.05, 0.1) is 6.10 Å². The molecule has 0 aromatic rings. The maximum atomic E-state index is 12.4. The lowest BCUT2D eigenvalue weighted by Crippen LogP contribution is -2.62. The number of ketones is 1. The van der Waals surface area contributed by atoms with Gasteiger partial charge in [-0.05, 0) is 61.2 Å². The van der Waals surface area contributed by atoms with Crippen LogP contribution in [0.3, 0.4) is 0 Å². The Labute approximate surface area is 156 Å². The lowest BCUT2D eigenvalue weighted by atomic mass is 9.44. The first kappa shape index (κ1) is 18.4. The van der Waals surface area contributed by atoms with Gasteiger partial charge in [0.1, 0.15) is 12.2 Å². The smallest absolute Gasteiger partial charge is 0.190 e. The fraction of sp³-hybridized carbons (Fsp3) is 0.773. The van der Waals surface area contributed by atoms with Crippen molar-refractivity contribution >= 4 is 5.78 Å². The number of Topliss-reactive ketones (excluding diaryl/α,β-unsaturated/α-hetero) is 1. The Morgan fingerprint density at radius 2 is 2.08 bits per heavy atom. The van der Waals surface area contributed by atoms with Gasteiger partial charge < -0.3 is 15.3 Å². The first-order valence-corrected chi connectivity index (χ1v) is 10.1. The molecule has 0 heterocycles. The average Bonchev–Trinajstić information content (AvgIpc) is 2.86. The van der Waals surface area contributed by atoms with Crippen LogP contribution in [0.15, 0.2) is 23.8 Å². The van der Waals surface area contributed by atoms with Crippen molar-refractivity contribution in [3.63, 3.8) is 0 Å². The van der Waals surface area contributed by atoms with Gasteiger partial charge in [-0.25, -0.2) is 0 Å². The second-order valence-corrected chi connectivity index (χ2v) is 9.77. The highest BCUT2D eigenvalue weighted by Crippen LogP contribution is 2.68. The summed E-state index contributed by atoms with van der Waals surface area (Å²) in [5, 5.41) is 31.9. The van der Waals surface area contributed by atoms with E-state index in [0.717, 1.165) is 19.3 Å².